The first-order chi connectivity index (χ1) is 11.7. The number of carbonyl (C=O) groups is 1. The SMILES string of the molecule is CCOC(=O)N1CCC[C@H](N2CCC(c3nccn3C)CC2)CC1. The number of ether oxygens (including phenoxy) is 1. The summed E-state index contributed by atoms with van der Waals surface area (Å²) in [5.41, 5.74) is 0. The molecule has 6 nitrogen and oxygen atoms in total. The van der Waals surface area contributed by atoms with Crippen LogP contribution in [0.25, 0.3) is 0 Å². The van der Waals surface area contributed by atoms with Gasteiger partial charge in [-0.3, -0.25) is 0 Å². The summed E-state index contributed by atoms with van der Waals surface area (Å²) in [4.78, 5) is 21.0. The Morgan fingerprint density at radius 2 is 2.00 bits per heavy atom. The van der Waals surface area contributed by atoms with Crippen LogP contribution in [0.15, 0.2) is 12.4 Å². The summed E-state index contributed by atoms with van der Waals surface area (Å²) in [6.45, 7) is 6.26. The molecule has 0 unspecified atom stereocenters. The number of imidazole rings is 1. The number of aromatic nitrogens is 2. The number of piperidine rings is 1. The van der Waals surface area contributed by atoms with Gasteiger partial charge < -0.3 is 19.1 Å². The number of likely N-dealkylation sites (tertiary alicyclic amines) is 2. The normalized spacial score (nSPS) is 23.9. The van der Waals surface area contributed by atoms with E-state index in [2.05, 4.69) is 21.5 Å². The van der Waals surface area contributed by atoms with E-state index in [1.165, 1.54) is 25.1 Å². The molecule has 1 atom stereocenters. The van der Waals surface area contributed by atoms with Gasteiger partial charge in [-0.1, -0.05) is 0 Å². The largest absolute Gasteiger partial charge is 0.450 e. The van der Waals surface area contributed by atoms with Gasteiger partial charge in [-0.2, -0.15) is 0 Å². The number of hydrogen-bond acceptors (Lipinski definition) is 4. The van der Waals surface area contributed by atoms with E-state index in [1.807, 2.05) is 24.2 Å². The van der Waals surface area contributed by atoms with E-state index in [0.717, 1.165) is 39.0 Å². The maximum atomic E-state index is 11.9. The topological polar surface area (TPSA) is 50.6 Å². The maximum Gasteiger partial charge on any atom is 0.409 e. The highest BCUT2D eigenvalue weighted by molar-refractivity contribution is 5.67. The Kier molecular flexibility index (Phi) is 5.76. The Bertz CT molecular complexity index is 537. The summed E-state index contributed by atoms with van der Waals surface area (Å²) in [6, 6.07) is 0.603. The second-order valence-electron chi connectivity index (χ2n) is 6.98. The Balaban J connectivity index is 1.50. The molecule has 3 heterocycles. The monoisotopic (exact) mass is 334 g/mol. The average Bonchev–Trinajstić information content (AvgIpc) is 2.87. The van der Waals surface area contributed by atoms with E-state index >= 15 is 0 Å². The Morgan fingerprint density at radius 3 is 2.67 bits per heavy atom. The lowest BCUT2D eigenvalue weighted by Crippen LogP contribution is -2.42. The van der Waals surface area contributed by atoms with Crippen LogP contribution in [0.3, 0.4) is 0 Å². The smallest absolute Gasteiger partial charge is 0.409 e. The summed E-state index contributed by atoms with van der Waals surface area (Å²) < 4.78 is 7.30. The maximum absolute atomic E-state index is 11.9. The van der Waals surface area contributed by atoms with Crippen molar-refractivity contribution in [3.63, 3.8) is 0 Å². The number of nitrogens with zero attached hydrogens (tertiary/aromatic N) is 4. The van der Waals surface area contributed by atoms with Crippen molar-refractivity contribution in [2.75, 3.05) is 32.8 Å². The molecule has 24 heavy (non-hydrogen) atoms. The van der Waals surface area contributed by atoms with Crippen molar-refractivity contribution in [3.05, 3.63) is 18.2 Å². The molecule has 3 rings (SSSR count). The lowest BCUT2D eigenvalue weighted by atomic mass is 9.93. The van der Waals surface area contributed by atoms with Crippen LogP contribution < -0.4 is 0 Å². The molecule has 2 aliphatic heterocycles. The first kappa shape index (κ1) is 17.3. The molecule has 1 amide bonds. The van der Waals surface area contributed by atoms with Gasteiger partial charge in [-0.05, 0) is 52.1 Å². The summed E-state index contributed by atoms with van der Waals surface area (Å²) >= 11 is 0. The molecule has 2 fully saturated rings. The van der Waals surface area contributed by atoms with Gasteiger partial charge >= 0.3 is 6.09 Å². The third-order valence-electron chi connectivity index (χ3n) is 5.49. The standard InChI is InChI=1S/C18H30N4O2/c1-3-24-18(23)22-10-4-5-16(8-13-22)21-11-6-15(7-12-21)17-19-9-14-20(17)2/h9,14-16H,3-8,10-13H2,1-2H3/t16-/m0/s1. The zero-order valence-electron chi connectivity index (χ0n) is 15.0. The van der Waals surface area contributed by atoms with Crippen LogP contribution in [0.2, 0.25) is 0 Å². The van der Waals surface area contributed by atoms with E-state index in [-0.39, 0.29) is 6.09 Å². The molecule has 6 heteroatoms. The van der Waals surface area contributed by atoms with E-state index in [9.17, 15) is 4.79 Å². The number of amides is 1. The first-order valence-corrected chi connectivity index (χ1v) is 9.32. The Labute approximate surface area is 144 Å². The van der Waals surface area contributed by atoms with E-state index in [4.69, 9.17) is 4.74 Å². The quantitative estimate of drug-likeness (QED) is 0.853. The molecule has 0 saturated carbocycles. The molecular weight excluding hydrogens is 304 g/mol. The fourth-order valence-electron chi connectivity index (χ4n) is 4.13. The van der Waals surface area contributed by atoms with Crippen LogP contribution in [-0.2, 0) is 11.8 Å². The highest BCUT2D eigenvalue weighted by atomic mass is 16.6. The molecule has 0 spiro atoms. The van der Waals surface area contributed by atoms with Crippen molar-refractivity contribution >= 4 is 6.09 Å². The van der Waals surface area contributed by atoms with Crippen LogP contribution in [0.1, 0.15) is 50.8 Å². The van der Waals surface area contributed by atoms with Crippen molar-refractivity contribution in [1.82, 2.24) is 19.4 Å². The minimum atomic E-state index is -0.147. The molecule has 1 aromatic heterocycles. The average molecular weight is 334 g/mol. The van der Waals surface area contributed by atoms with Crippen molar-refractivity contribution in [3.8, 4) is 0 Å². The molecule has 1 aromatic rings. The van der Waals surface area contributed by atoms with Crippen molar-refractivity contribution in [2.45, 2.75) is 51.0 Å². The van der Waals surface area contributed by atoms with Crippen LogP contribution in [0.4, 0.5) is 4.79 Å². The van der Waals surface area contributed by atoms with Crippen LogP contribution in [0, 0.1) is 0 Å². The van der Waals surface area contributed by atoms with Gasteiger partial charge in [-0.15, -0.1) is 0 Å². The molecule has 134 valence electrons. The third kappa shape index (κ3) is 3.91. The van der Waals surface area contributed by atoms with Crippen LogP contribution >= 0.6 is 0 Å². The van der Waals surface area contributed by atoms with Crippen molar-refractivity contribution < 1.29 is 9.53 Å². The van der Waals surface area contributed by atoms with E-state index < -0.39 is 0 Å². The second-order valence-corrected chi connectivity index (χ2v) is 6.98. The second kappa shape index (κ2) is 8.01. The molecule has 0 N–H and O–H groups in total. The summed E-state index contributed by atoms with van der Waals surface area (Å²) in [6.07, 6.45) is 9.48. The predicted octanol–water partition coefficient (Wildman–Crippen LogP) is 2.61. The number of rotatable bonds is 3. The van der Waals surface area contributed by atoms with Gasteiger partial charge in [0.2, 0.25) is 0 Å². The summed E-state index contributed by atoms with van der Waals surface area (Å²) in [7, 11) is 2.09. The fourth-order valence-corrected chi connectivity index (χ4v) is 4.13. The van der Waals surface area contributed by atoms with Gasteiger partial charge in [0.05, 0.1) is 6.61 Å². The van der Waals surface area contributed by atoms with Gasteiger partial charge in [-0.25, -0.2) is 9.78 Å². The predicted molar refractivity (Wildman–Crippen MR) is 93.0 cm³/mol. The third-order valence-corrected chi connectivity index (χ3v) is 5.49. The first-order valence-electron chi connectivity index (χ1n) is 9.32. The van der Waals surface area contributed by atoms with Gasteiger partial charge in [0.15, 0.2) is 0 Å². The molecule has 0 bridgehead atoms. The van der Waals surface area contributed by atoms with Gasteiger partial charge in [0.25, 0.3) is 0 Å². The molecule has 0 radical (unpaired) electrons. The molecular formula is C18H30N4O2. The van der Waals surface area contributed by atoms with Crippen LogP contribution in [-0.4, -0.2) is 64.3 Å². The molecule has 2 aliphatic rings. The van der Waals surface area contributed by atoms with E-state index in [1.54, 1.807) is 0 Å². The number of aryl methyl sites for hydroxylation is 1. The minimum Gasteiger partial charge on any atom is -0.450 e. The van der Waals surface area contributed by atoms with Crippen LogP contribution in [0.5, 0.6) is 0 Å². The fraction of sp³-hybridized carbons (Fsp3) is 0.778. The zero-order chi connectivity index (χ0) is 16.9. The lowest BCUT2D eigenvalue weighted by Gasteiger charge is -2.37. The van der Waals surface area contributed by atoms with Crippen molar-refractivity contribution in [1.29, 1.82) is 0 Å². The van der Waals surface area contributed by atoms with Crippen molar-refractivity contribution in [2.24, 2.45) is 7.05 Å². The summed E-state index contributed by atoms with van der Waals surface area (Å²) in [5, 5.41) is 0. The summed E-state index contributed by atoms with van der Waals surface area (Å²) in [5.74, 6) is 1.81. The molecule has 0 aromatic carbocycles. The molecule has 2 saturated heterocycles. The highest BCUT2D eigenvalue weighted by Crippen LogP contribution is 2.29. The van der Waals surface area contributed by atoms with E-state index in [0.29, 0.717) is 18.6 Å². The zero-order valence-corrected chi connectivity index (χ0v) is 15.0. The lowest BCUT2D eigenvalue weighted by molar-refractivity contribution is 0.105. The number of carbonyl (C=O) groups excluding carboxylic acids is 1. The molecule has 0 aliphatic carbocycles. The van der Waals surface area contributed by atoms with Gasteiger partial charge in [0, 0.05) is 44.5 Å². The minimum absolute atomic E-state index is 0.147. The van der Waals surface area contributed by atoms with Gasteiger partial charge in [0.1, 0.15) is 5.82 Å². The highest BCUT2D eigenvalue weighted by Gasteiger charge is 2.29. The number of hydrogen-bond donors (Lipinski definition) is 0. The Morgan fingerprint density at radius 1 is 1.21 bits per heavy atom. The Hall–Kier alpha value is -1.56.